The lowest BCUT2D eigenvalue weighted by Gasteiger charge is -2.16. The van der Waals surface area contributed by atoms with Gasteiger partial charge in [-0.05, 0) is 22.9 Å². The number of hydrogen-bond donors (Lipinski definition) is 1. The molecule has 1 unspecified atom stereocenters. The van der Waals surface area contributed by atoms with Crippen molar-refractivity contribution in [2.45, 2.75) is 6.42 Å². The van der Waals surface area contributed by atoms with Crippen LogP contribution in [0.4, 0.5) is 5.69 Å². The molecule has 0 bridgehead atoms. The predicted octanol–water partition coefficient (Wildman–Crippen LogP) is 2.27. The number of nitrogens with one attached hydrogen (secondary N) is 1. The minimum atomic E-state index is -0.300. The zero-order valence-electron chi connectivity index (χ0n) is 13.1. The van der Waals surface area contributed by atoms with E-state index in [1.165, 1.54) is 0 Å². The van der Waals surface area contributed by atoms with Crippen molar-refractivity contribution in [3.05, 3.63) is 42.5 Å². The van der Waals surface area contributed by atoms with E-state index < -0.39 is 0 Å². The highest BCUT2D eigenvalue weighted by Gasteiger charge is 2.33. The zero-order chi connectivity index (χ0) is 16.2. The molecule has 1 atom stereocenters. The molecule has 0 spiro atoms. The van der Waals surface area contributed by atoms with E-state index >= 15 is 0 Å². The Morgan fingerprint density at radius 1 is 1.26 bits per heavy atom. The van der Waals surface area contributed by atoms with Gasteiger partial charge in [-0.25, -0.2) is 0 Å². The second-order valence-electron chi connectivity index (χ2n) is 5.78. The molecule has 1 fully saturated rings. The molecule has 2 aromatic carbocycles. The Bertz CT molecular complexity index is 729. The number of likely N-dealkylation sites (tertiary alicyclic amines) is 1. The summed E-state index contributed by atoms with van der Waals surface area (Å²) in [7, 11) is 1.60. The maximum absolute atomic E-state index is 12.4. The molecular weight excluding hydrogens is 292 g/mol. The molecule has 0 aromatic heterocycles. The van der Waals surface area contributed by atoms with Gasteiger partial charge in [0.1, 0.15) is 0 Å². The first-order chi connectivity index (χ1) is 11.2. The highest BCUT2D eigenvalue weighted by molar-refractivity contribution is 5.98. The lowest BCUT2D eigenvalue weighted by atomic mass is 10.1. The van der Waals surface area contributed by atoms with E-state index in [-0.39, 0.29) is 24.2 Å². The van der Waals surface area contributed by atoms with Gasteiger partial charge in [0.05, 0.1) is 12.5 Å². The summed E-state index contributed by atoms with van der Waals surface area (Å²) in [5.74, 6) is -0.389. The van der Waals surface area contributed by atoms with Crippen LogP contribution >= 0.6 is 0 Å². The van der Waals surface area contributed by atoms with Crippen LogP contribution in [0.1, 0.15) is 6.42 Å². The van der Waals surface area contributed by atoms with Gasteiger partial charge in [0.2, 0.25) is 11.8 Å². The summed E-state index contributed by atoms with van der Waals surface area (Å²) in [5, 5.41) is 5.13. The molecular formula is C18H20N2O3. The highest BCUT2D eigenvalue weighted by Crippen LogP contribution is 2.22. The number of nitrogens with zero attached hydrogens (tertiary/aromatic N) is 1. The summed E-state index contributed by atoms with van der Waals surface area (Å²) < 4.78 is 4.99. The van der Waals surface area contributed by atoms with Crippen LogP contribution in [-0.2, 0) is 14.3 Å². The van der Waals surface area contributed by atoms with Crippen molar-refractivity contribution < 1.29 is 14.3 Å². The highest BCUT2D eigenvalue weighted by atomic mass is 16.5. The van der Waals surface area contributed by atoms with Crippen LogP contribution in [-0.4, -0.2) is 43.5 Å². The fourth-order valence-corrected chi connectivity index (χ4v) is 2.88. The monoisotopic (exact) mass is 312 g/mol. The maximum Gasteiger partial charge on any atom is 0.229 e. The lowest BCUT2D eigenvalue weighted by molar-refractivity contribution is -0.128. The zero-order valence-corrected chi connectivity index (χ0v) is 13.1. The molecule has 1 aliphatic heterocycles. The molecule has 3 rings (SSSR count). The van der Waals surface area contributed by atoms with Crippen LogP contribution in [0.3, 0.4) is 0 Å². The van der Waals surface area contributed by atoms with E-state index in [1.54, 1.807) is 12.0 Å². The number of carbonyl (C=O) groups is 2. The van der Waals surface area contributed by atoms with Gasteiger partial charge in [0, 0.05) is 32.3 Å². The van der Waals surface area contributed by atoms with E-state index in [9.17, 15) is 9.59 Å². The fraction of sp³-hybridized carbons (Fsp3) is 0.333. The molecule has 2 amide bonds. The Hall–Kier alpha value is -2.40. The number of hydrogen-bond acceptors (Lipinski definition) is 3. The summed E-state index contributed by atoms with van der Waals surface area (Å²) in [6, 6.07) is 13.8. The number of ether oxygens (including phenoxy) is 1. The molecule has 0 saturated carbocycles. The molecule has 0 radical (unpaired) electrons. The van der Waals surface area contributed by atoms with E-state index in [0.29, 0.717) is 19.7 Å². The van der Waals surface area contributed by atoms with E-state index in [0.717, 1.165) is 16.5 Å². The van der Waals surface area contributed by atoms with Gasteiger partial charge in [-0.1, -0.05) is 30.3 Å². The van der Waals surface area contributed by atoms with Gasteiger partial charge in [-0.2, -0.15) is 0 Å². The first-order valence-electron chi connectivity index (χ1n) is 7.74. The van der Waals surface area contributed by atoms with Gasteiger partial charge in [0.15, 0.2) is 0 Å². The van der Waals surface area contributed by atoms with Gasteiger partial charge < -0.3 is 15.0 Å². The summed E-state index contributed by atoms with van der Waals surface area (Å²) in [6.07, 6.45) is 0.267. The number of carbonyl (C=O) groups excluding carboxylic acids is 2. The van der Waals surface area contributed by atoms with Gasteiger partial charge in [-0.15, -0.1) is 0 Å². The third kappa shape index (κ3) is 3.51. The Balaban J connectivity index is 1.65. The van der Waals surface area contributed by atoms with Gasteiger partial charge in [0.25, 0.3) is 0 Å². The second-order valence-corrected chi connectivity index (χ2v) is 5.78. The van der Waals surface area contributed by atoms with Crippen LogP contribution in [0.25, 0.3) is 10.8 Å². The number of amides is 2. The third-order valence-electron chi connectivity index (χ3n) is 4.17. The molecule has 5 heteroatoms. The van der Waals surface area contributed by atoms with Crippen molar-refractivity contribution in [1.82, 2.24) is 4.90 Å². The van der Waals surface area contributed by atoms with E-state index in [2.05, 4.69) is 5.32 Å². The first kappa shape index (κ1) is 15.5. The molecule has 1 aliphatic rings. The first-order valence-corrected chi connectivity index (χ1v) is 7.74. The lowest BCUT2D eigenvalue weighted by Crippen LogP contribution is -2.30. The summed E-state index contributed by atoms with van der Waals surface area (Å²) in [4.78, 5) is 26.0. The normalized spacial score (nSPS) is 17.7. The van der Waals surface area contributed by atoms with Crippen molar-refractivity contribution in [2.75, 3.05) is 32.1 Å². The van der Waals surface area contributed by atoms with Crippen molar-refractivity contribution in [3.8, 4) is 0 Å². The Labute approximate surface area is 135 Å². The van der Waals surface area contributed by atoms with Crippen molar-refractivity contribution in [2.24, 2.45) is 5.92 Å². The SMILES string of the molecule is COCCN1CC(C(=O)Nc2ccc3ccccc3c2)CC1=O. The summed E-state index contributed by atoms with van der Waals surface area (Å²) in [5.41, 5.74) is 0.761. The van der Waals surface area contributed by atoms with Crippen molar-refractivity contribution in [1.29, 1.82) is 0 Å². The topological polar surface area (TPSA) is 58.6 Å². The van der Waals surface area contributed by atoms with Gasteiger partial charge in [-0.3, -0.25) is 9.59 Å². The van der Waals surface area contributed by atoms with Crippen LogP contribution in [0.2, 0.25) is 0 Å². The average molecular weight is 312 g/mol. The summed E-state index contributed by atoms with van der Waals surface area (Å²) >= 11 is 0. The minimum absolute atomic E-state index is 0.0145. The Kier molecular flexibility index (Phi) is 4.57. The number of rotatable bonds is 5. The smallest absolute Gasteiger partial charge is 0.229 e. The molecule has 1 N–H and O–H groups in total. The average Bonchev–Trinajstić information content (AvgIpc) is 2.94. The summed E-state index contributed by atoms with van der Waals surface area (Å²) in [6.45, 7) is 1.49. The molecule has 120 valence electrons. The number of fused-ring (bicyclic) bond motifs is 1. The number of methoxy groups -OCH3 is 1. The standard InChI is InChI=1S/C18H20N2O3/c1-23-9-8-20-12-15(11-17(20)21)18(22)19-16-7-6-13-4-2-3-5-14(13)10-16/h2-7,10,15H,8-9,11-12H2,1H3,(H,19,22). The van der Waals surface area contributed by atoms with Crippen molar-refractivity contribution >= 4 is 28.3 Å². The number of benzene rings is 2. The fourth-order valence-electron chi connectivity index (χ4n) is 2.88. The quantitative estimate of drug-likeness (QED) is 0.921. The van der Waals surface area contributed by atoms with E-state index in [1.807, 2.05) is 42.5 Å². The molecule has 2 aromatic rings. The third-order valence-corrected chi connectivity index (χ3v) is 4.17. The molecule has 5 nitrogen and oxygen atoms in total. The van der Waals surface area contributed by atoms with Crippen molar-refractivity contribution in [3.63, 3.8) is 0 Å². The minimum Gasteiger partial charge on any atom is -0.383 e. The van der Waals surface area contributed by atoms with Crippen LogP contribution < -0.4 is 5.32 Å². The predicted molar refractivity (Wildman–Crippen MR) is 89.1 cm³/mol. The second kappa shape index (κ2) is 6.79. The maximum atomic E-state index is 12.4. The van der Waals surface area contributed by atoms with E-state index in [4.69, 9.17) is 4.74 Å². The molecule has 0 aliphatic carbocycles. The van der Waals surface area contributed by atoms with Crippen LogP contribution in [0.5, 0.6) is 0 Å². The molecule has 1 heterocycles. The molecule has 23 heavy (non-hydrogen) atoms. The van der Waals surface area contributed by atoms with Crippen LogP contribution in [0.15, 0.2) is 42.5 Å². The number of anilines is 1. The van der Waals surface area contributed by atoms with Crippen LogP contribution in [0, 0.1) is 5.92 Å². The van der Waals surface area contributed by atoms with Gasteiger partial charge >= 0.3 is 0 Å². The Morgan fingerprint density at radius 3 is 2.83 bits per heavy atom. The Morgan fingerprint density at radius 2 is 2.04 bits per heavy atom. The largest absolute Gasteiger partial charge is 0.383 e. The molecule has 1 saturated heterocycles.